The fraction of sp³-hybridized carbons (Fsp3) is 0.667. The van der Waals surface area contributed by atoms with Crippen LogP contribution < -0.4 is 10.6 Å². The number of nitrogens with one attached hydrogen (secondary N) is 2. The van der Waals surface area contributed by atoms with E-state index in [9.17, 15) is 4.79 Å². The quantitative estimate of drug-likeness (QED) is 0.875. The van der Waals surface area contributed by atoms with E-state index in [1.165, 1.54) is 19.3 Å². The molecule has 1 amide bonds. The second kappa shape index (κ2) is 5.37. The second-order valence-corrected chi connectivity index (χ2v) is 5.94. The molecule has 104 valence electrons. The normalized spacial score (nSPS) is 27.8. The maximum Gasteiger partial charge on any atom is 0.268 e. The molecule has 1 aliphatic heterocycles. The summed E-state index contributed by atoms with van der Waals surface area (Å²) in [5.74, 6) is 0.0935. The van der Waals surface area contributed by atoms with E-state index in [2.05, 4.69) is 22.1 Å². The summed E-state index contributed by atoms with van der Waals surface area (Å²) in [6, 6.07) is 5.28. The molecule has 3 rings (SSSR count). The van der Waals surface area contributed by atoms with E-state index in [-0.39, 0.29) is 5.91 Å². The van der Waals surface area contributed by atoms with E-state index in [1.54, 1.807) is 0 Å². The summed E-state index contributed by atoms with van der Waals surface area (Å²) in [7, 11) is 0. The molecule has 4 heteroatoms. The Bertz CT molecular complexity index is 450. The fourth-order valence-electron chi connectivity index (χ4n) is 3.09. The first-order valence-electron chi connectivity index (χ1n) is 7.45. The minimum Gasteiger partial charge on any atom is -0.348 e. The van der Waals surface area contributed by atoms with Gasteiger partial charge in [0.25, 0.3) is 5.91 Å². The Morgan fingerprint density at radius 1 is 1.42 bits per heavy atom. The van der Waals surface area contributed by atoms with Crippen LogP contribution in [0.1, 0.15) is 55.6 Å². The van der Waals surface area contributed by atoms with Crippen LogP contribution in [0.2, 0.25) is 0 Å². The molecule has 2 heterocycles. The molecule has 4 nitrogen and oxygen atoms in total. The summed E-state index contributed by atoms with van der Waals surface area (Å²) in [6.45, 7) is 3.17. The highest BCUT2D eigenvalue weighted by Gasteiger charge is 2.25. The van der Waals surface area contributed by atoms with E-state index in [4.69, 9.17) is 0 Å². The molecule has 0 spiro atoms. The maximum atomic E-state index is 12.4. The van der Waals surface area contributed by atoms with Crippen LogP contribution in [0.15, 0.2) is 18.3 Å². The number of amides is 1. The van der Waals surface area contributed by atoms with Crippen molar-refractivity contribution < 1.29 is 4.79 Å². The fourth-order valence-corrected chi connectivity index (χ4v) is 3.09. The number of nitrogens with zero attached hydrogens (tertiary/aromatic N) is 1. The molecule has 1 aromatic rings. The predicted octanol–water partition coefficient (Wildman–Crippen LogP) is 2.08. The van der Waals surface area contributed by atoms with Crippen LogP contribution in [0.3, 0.4) is 0 Å². The van der Waals surface area contributed by atoms with Crippen molar-refractivity contribution in [3.05, 3.63) is 24.0 Å². The molecular formula is C15H23N3O. The van der Waals surface area contributed by atoms with Gasteiger partial charge in [-0.25, -0.2) is 0 Å². The topological polar surface area (TPSA) is 46.1 Å². The molecule has 2 unspecified atom stereocenters. The number of carbonyl (C=O) groups is 1. The molecule has 2 fully saturated rings. The van der Waals surface area contributed by atoms with Crippen LogP contribution in [0.4, 0.5) is 0 Å². The summed E-state index contributed by atoms with van der Waals surface area (Å²) < 4.78 is 2.16. The largest absolute Gasteiger partial charge is 0.348 e. The van der Waals surface area contributed by atoms with Gasteiger partial charge in [0.1, 0.15) is 5.69 Å². The van der Waals surface area contributed by atoms with Gasteiger partial charge in [-0.15, -0.1) is 0 Å². The first kappa shape index (κ1) is 12.7. The van der Waals surface area contributed by atoms with Gasteiger partial charge in [0.05, 0.1) is 0 Å². The standard InChI is InChI=1S/C15H23N3O/c1-11-10-12(7-8-16-11)17-15(19)14-6-3-9-18(14)13-4-2-5-13/h3,6,9,11-13,16H,2,4-5,7-8,10H2,1H3,(H,17,19). The van der Waals surface area contributed by atoms with E-state index in [0.29, 0.717) is 18.1 Å². The number of hydrogen-bond acceptors (Lipinski definition) is 2. The first-order chi connectivity index (χ1) is 9.24. The van der Waals surface area contributed by atoms with Gasteiger partial charge in [-0.3, -0.25) is 4.79 Å². The van der Waals surface area contributed by atoms with Crippen molar-refractivity contribution in [3.8, 4) is 0 Å². The number of carbonyl (C=O) groups excluding carboxylic acids is 1. The van der Waals surface area contributed by atoms with Crippen molar-refractivity contribution in [2.75, 3.05) is 6.54 Å². The highest BCUT2D eigenvalue weighted by Crippen LogP contribution is 2.32. The molecule has 19 heavy (non-hydrogen) atoms. The minimum absolute atomic E-state index is 0.0935. The van der Waals surface area contributed by atoms with Gasteiger partial charge >= 0.3 is 0 Å². The highest BCUT2D eigenvalue weighted by atomic mass is 16.2. The van der Waals surface area contributed by atoms with Crippen molar-refractivity contribution in [1.82, 2.24) is 15.2 Å². The molecular weight excluding hydrogens is 238 g/mol. The lowest BCUT2D eigenvalue weighted by atomic mass is 9.93. The highest BCUT2D eigenvalue weighted by molar-refractivity contribution is 5.93. The summed E-state index contributed by atoms with van der Waals surface area (Å²) in [4.78, 5) is 12.4. The molecule has 2 atom stereocenters. The van der Waals surface area contributed by atoms with E-state index in [1.807, 2.05) is 18.3 Å². The second-order valence-electron chi connectivity index (χ2n) is 5.94. The molecule has 1 aliphatic carbocycles. The van der Waals surface area contributed by atoms with Crippen molar-refractivity contribution in [1.29, 1.82) is 0 Å². The monoisotopic (exact) mass is 261 g/mol. The summed E-state index contributed by atoms with van der Waals surface area (Å²) in [5, 5.41) is 6.61. The zero-order chi connectivity index (χ0) is 13.2. The molecule has 1 aromatic heterocycles. The molecule has 0 bridgehead atoms. The Hall–Kier alpha value is -1.29. The van der Waals surface area contributed by atoms with Crippen LogP contribution in [0, 0.1) is 0 Å². The number of hydrogen-bond donors (Lipinski definition) is 2. The minimum atomic E-state index is 0.0935. The van der Waals surface area contributed by atoms with E-state index >= 15 is 0 Å². The van der Waals surface area contributed by atoms with Gasteiger partial charge < -0.3 is 15.2 Å². The molecule has 2 N–H and O–H groups in total. The van der Waals surface area contributed by atoms with E-state index < -0.39 is 0 Å². The van der Waals surface area contributed by atoms with Crippen LogP contribution in [0.25, 0.3) is 0 Å². The smallest absolute Gasteiger partial charge is 0.268 e. The molecule has 1 saturated carbocycles. The van der Waals surface area contributed by atoms with Gasteiger partial charge in [0, 0.05) is 24.3 Å². The van der Waals surface area contributed by atoms with Crippen LogP contribution in [0.5, 0.6) is 0 Å². The SMILES string of the molecule is CC1CC(NC(=O)c2cccn2C2CCC2)CCN1. The average molecular weight is 261 g/mol. The van der Waals surface area contributed by atoms with Crippen LogP contribution in [-0.4, -0.2) is 29.1 Å². The lowest BCUT2D eigenvalue weighted by Gasteiger charge is -2.31. The predicted molar refractivity (Wildman–Crippen MR) is 75.3 cm³/mol. The van der Waals surface area contributed by atoms with E-state index in [0.717, 1.165) is 25.1 Å². The maximum absolute atomic E-state index is 12.4. The molecule has 2 aliphatic rings. The third kappa shape index (κ3) is 2.68. The summed E-state index contributed by atoms with van der Waals surface area (Å²) in [5.41, 5.74) is 0.830. The van der Waals surface area contributed by atoms with Gasteiger partial charge in [-0.1, -0.05) is 0 Å². The average Bonchev–Trinajstić information content (AvgIpc) is 2.75. The Morgan fingerprint density at radius 3 is 2.95 bits per heavy atom. The first-order valence-corrected chi connectivity index (χ1v) is 7.45. The number of aromatic nitrogens is 1. The summed E-state index contributed by atoms with van der Waals surface area (Å²) in [6.07, 6.45) is 7.80. The van der Waals surface area contributed by atoms with Crippen molar-refractivity contribution in [2.24, 2.45) is 0 Å². The zero-order valence-corrected chi connectivity index (χ0v) is 11.6. The van der Waals surface area contributed by atoms with Crippen molar-refractivity contribution in [3.63, 3.8) is 0 Å². The van der Waals surface area contributed by atoms with Gasteiger partial charge in [-0.2, -0.15) is 0 Å². The molecule has 0 aromatic carbocycles. The zero-order valence-electron chi connectivity index (χ0n) is 11.6. The summed E-state index contributed by atoms with van der Waals surface area (Å²) >= 11 is 0. The number of piperidine rings is 1. The Labute approximate surface area is 114 Å². The van der Waals surface area contributed by atoms with Gasteiger partial charge in [0.2, 0.25) is 0 Å². The van der Waals surface area contributed by atoms with Crippen LogP contribution in [-0.2, 0) is 0 Å². The Morgan fingerprint density at radius 2 is 2.26 bits per heavy atom. The lowest BCUT2D eigenvalue weighted by Crippen LogP contribution is -2.47. The van der Waals surface area contributed by atoms with Crippen molar-refractivity contribution >= 4 is 5.91 Å². The number of rotatable bonds is 3. The Balaban J connectivity index is 1.65. The van der Waals surface area contributed by atoms with Gasteiger partial charge in [-0.05, 0) is 57.7 Å². The third-order valence-corrected chi connectivity index (χ3v) is 4.44. The lowest BCUT2D eigenvalue weighted by molar-refractivity contribution is 0.0910. The van der Waals surface area contributed by atoms with Crippen molar-refractivity contribution in [2.45, 2.75) is 57.2 Å². The Kier molecular flexibility index (Phi) is 3.60. The van der Waals surface area contributed by atoms with Crippen LogP contribution >= 0.6 is 0 Å². The third-order valence-electron chi connectivity index (χ3n) is 4.44. The molecule has 0 radical (unpaired) electrons. The molecule has 1 saturated heterocycles. The van der Waals surface area contributed by atoms with Gasteiger partial charge in [0.15, 0.2) is 0 Å².